The Morgan fingerprint density at radius 2 is 2.00 bits per heavy atom. The monoisotopic (exact) mass is 309 g/mol. The van der Waals surface area contributed by atoms with Crippen molar-refractivity contribution in [2.75, 3.05) is 0 Å². The lowest BCUT2D eigenvalue weighted by Gasteiger charge is -2.13. The van der Waals surface area contributed by atoms with E-state index in [-0.39, 0.29) is 6.61 Å². The molecule has 1 aromatic carbocycles. The number of hydroxylamine groups is 1. The van der Waals surface area contributed by atoms with E-state index in [0.29, 0.717) is 5.02 Å². The molecule has 0 radical (unpaired) electrons. The lowest BCUT2D eigenvalue weighted by molar-refractivity contribution is -0.142. The average Bonchev–Trinajstić information content (AvgIpc) is 2.29. The first-order valence-corrected chi connectivity index (χ1v) is 7.09. The van der Waals surface area contributed by atoms with E-state index in [4.69, 9.17) is 26.2 Å². The number of hydrogen-bond donors (Lipinski definition) is 3. The van der Waals surface area contributed by atoms with Crippen LogP contribution in [0.2, 0.25) is 5.02 Å². The number of rotatable bonds is 6. The van der Waals surface area contributed by atoms with Crippen molar-refractivity contribution in [3.8, 4) is 0 Å². The number of phosphoric ester groups is 1. The zero-order valence-electron chi connectivity index (χ0n) is 9.95. The maximum atomic E-state index is 11.2. The Morgan fingerprint density at radius 1 is 1.42 bits per heavy atom. The number of benzene rings is 1. The Morgan fingerprint density at radius 3 is 2.53 bits per heavy atom. The van der Waals surface area contributed by atoms with Gasteiger partial charge in [0, 0.05) is 5.02 Å². The van der Waals surface area contributed by atoms with E-state index in [9.17, 15) is 9.36 Å². The van der Waals surface area contributed by atoms with Gasteiger partial charge in [0.2, 0.25) is 0 Å². The summed E-state index contributed by atoms with van der Waals surface area (Å²) < 4.78 is 14.3. The second-order valence-electron chi connectivity index (χ2n) is 3.66. The van der Waals surface area contributed by atoms with E-state index in [2.05, 4.69) is 10.0 Å². The minimum absolute atomic E-state index is 0.157. The molecule has 0 amide bonds. The van der Waals surface area contributed by atoms with Crippen LogP contribution < -0.4 is 5.48 Å². The van der Waals surface area contributed by atoms with Gasteiger partial charge < -0.3 is 4.52 Å². The molecule has 0 fully saturated rings. The molecule has 106 valence electrons. The van der Waals surface area contributed by atoms with Gasteiger partial charge in [-0.15, -0.1) is 0 Å². The van der Waals surface area contributed by atoms with Crippen LogP contribution >= 0.6 is 19.4 Å². The summed E-state index contributed by atoms with van der Waals surface area (Å²) >= 11 is 5.71. The molecule has 0 heterocycles. The molecule has 0 aliphatic carbocycles. The molecule has 0 aliphatic heterocycles. The fourth-order valence-electron chi connectivity index (χ4n) is 1.08. The molecule has 0 bridgehead atoms. The maximum absolute atomic E-state index is 11.2. The number of halogens is 1. The molecule has 19 heavy (non-hydrogen) atoms. The Labute approximate surface area is 114 Å². The van der Waals surface area contributed by atoms with Crippen molar-refractivity contribution in [3.05, 3.63) is 34.9 Å². The molecule has 1 aromatic rings. The van der Waals surface area contributed by atoms with Crippen molar-refractivity contribution in [2.45, 2.75) is 19.6 Å². The Bertz CT molecular complexity index is 473. The van der Waals surface area contributed by atoms with Crippen LogP contribution in [0.3, 0.4) is 0 Å². The molecule has 0 aromatic heterocycles. The molecule has 0 spiro atoms. The van der Waals surface area contributed by atoms with E-state index in [1.807, 2.05) is 0 Å². The number of hydrogen-bond acceptors (Lipinski definition) is 5. The lowest BCUT2D eigenvalue weighted by Crippen LogP contribution is -2.34. The topological polar surface area (TPSA) is 105 Å². The predicted octanol–water partition coefficient (Wildman–Crippen LogP) is 1.39. The van der Waals surface area contributed by atoms with Crippen LogP contribution in [0, 0.1) is 0 Å². The third-order valence-electron chi connectivity index (χ3n) is 1.97. The van der Waals surface area contributed by atoms with Crippen molar-refractivity contribution in [2.24, 2.45) is 0 Å². The number of nitrogens with one attached hydrogen (secondary N) is 1. The Kier molecular flexibility index (Phi) is 5.93. The summed E-state index contributed by atoms with van der Waals surface area (Å²) in [6.45, 7) is 1.50. The third kappa shape index (κ3) is 6.68. The van der Waals surface area contributed by atoms with Crippen molar-refractivity contribution in [1.82, 2.24) is 5.48 Å². The minimum Gasteiger partial charge on any atom is -0.369 e. The van der Waals surface area contributed by atoms with Gasteiger partial charge in [-0.3, -0.25) is 14.6 Å². The van der Waals surface area contributed by atoms with Crippen LogP contribution in [-0.2, 0) is 25.3 Å². The Hall–Kier alpha value is -0.950. The number of carbonyl (C=O) groups is 1. The smallest absolute Gasteiger partial charge is 0.369 e. The molecule has 0 saturated carbocycles. The molecule has 0 saturated heterocycles. The first-order chi connectivity index (χ1) is 8.78. The van der Waals surface area contributed by atoms with Crippen molar-refractivity contribution in [1.29, 1.82) is 0 Å². The van der Waals surface area contributed by atoms with Crippen molar-refractivity contribution < 1.29 is 28.5 Å². The first-order valence-electron chi connectivity index (χ1n) is 5.18. The largest absolute Gasteiger partial charge is 0.527 e. The molecule has 9 heteroatoms. The standard InChI is InChI=1S/C10H13ClNO6P/c1-7(10(13)18-19(14,15)16)12-17-6-8-2-4-9(11)5-3-8/h2-5,7,12H,6H2,1H3,(H2,14,15,16)/t7-/m0/s1. The summed E-state index contributed by atoms with van der Waals surface area (Å²) in [6.07, 6.45) is 0. The third-order valence-corrected chi connectivity index (χ3v) is 2.64. The number of phosphoric acid groups is 1. The summed E-state index contributed by atoms with van der Waals surface area (Å²) in [4.78, 5) is 33.1. The van der Waals surface area contributed by atoms with E-state index in [1.165, 1.54) is 6.92 Å². The first kappa shape index (κ1) is 16.1. The Balaban J connectivity index is 2.34. The van der Waals surface area contributed by atoms with E-state index < -0.39 is 19.8 Å². The zero-order valence-corrected chi connectivity index (χ0v) is 11.6. The summed E-state index contributed by atoms with van der Waals surface area (Å²) in [7, 11) is -4.83. The second kappa shape index (κ2) is 7.00. The summed E-state index contributed by atoms with van der Waals surface area (Å²) in [5.74, 6) is -1.11. The quantitative estimate of drug-likeness (QED) is 0.538. The summed E-state index contributed by atoms with van der Waals surface area (Å²) in [5.41, 5.74) is 3.13. The molecular weight excluding hydrogens is 297 g/mol. The van der Waals surface area contributed by atoms with Gasteiger partial charge >= 0.3 is 13.8 Å². The van der Waals surface area contributed by atoms with E-state index in [0.717, 1.165) is 5.56 Å². The molecule has 7 nitrogen and oxygen atoms in total. The average molecular weight is 310 g/mol. The lowest BCUT2D eigenvalue weighted by atomic mass is 10.2. The minimum atomic E-state index is -4.83. The van der Waals surface area contributed by atoms with Gasteiger partial charge in [0.25, 0.3) is 0 Å². The summed E-state index contributed by atoms with van der Waals surface area (Å²) in [6, 6.07) is 5.84. The van der Waals surface area contributed by atoms with Crippen LogP contribution in [-0.4, -0.2) is 21.8 Å². The van der Waals surface area contributed by atoms with Gasteiger partial charge in [0.1, 0.15) is 6.04 Å². The van der Waals surface area contributed by atoms with Gasteiger partial charge in [-0.1, -0.05) is 23.7 Å². The number of carbonyl (C=O) groups excluding carboxylic acids is 1. The zero-order chi connectivity index (χ0) is 14.5. The fraction of sp³-hybridized carbons (Fsp3) is 0.300. The predicted molar refractivity (Wildman–Crippen MR) is 67.0 cm³/mol. The SMILES string of the molecule is C[C@H](NOCc1ccc(Cl)cc1)C(=O)OP(=O)(O)O. The highest BCUT2D eigenvalue weighted by atomic mass is 35.5. The van der Waals surface area contributed by atoms with Gasteiger partial charge in [-0.05, 0) is 24.6 Å². The second-order valence-corrected chi connectivity index (χ2v) is 5.26. The molecule has 0 unspecified atom stereocenters. The molecule has 1 rings (SSSR count). The van der Waals surface area contributed by atoms with Crippen LogP contribution in [0.5, 0.6) is 0 Å². The molecule has 0 aliphatic rings. The molecule has 3 N–H and O–H groups in total. The van der Waals surface area contributed by atoms with Crippen molar-refractivity contribution >= 4 is 25.4 Å². The van der Waals surface area contributed by atoms with E-state index in [1.54, 1.807) is 24.3 Å². The van der Waals surface area contributed by atoms with Crippen LogP contribution in [0.25, 0.3) is 0 Å². The summed E-state index contributed by atoms with van der Waals surface area (Å²) in [5, 5.41) is 0.593. The van der Waals surface area contributed by atoms with Crippen LogP contribution in [0.15, 0.2) is 24.3 Å². The van der Waals surface area contributed by atoms with Crippen molar-refractivity contribution in [3.63, 3.8) is 0 Å². The normalized spacial score (nSPS) is 13.1. The van der Waals surface area contributed by atoms with Crippen LogP contribution in [0.1, 0.15) is 12.5 Å². The highest BCUT2D eigenvalue weighted by Crippen LogP contribution is 2.36. The molecular formula is C10H13ClNO6P. The van der Waals surface area contributed by atoms with Gasteiger partial charge in [-0.25, -0.2) is 9.36 Å². The van der Waals surface area contributed by atoms with Gasteiger partial charge in [0.05, 0.1) is 6.61 Å². The maximum Gasteiger partial charge on any atom is 0.527 e. The van der Waals surface area contributed by atoms with E-state index >= 15 is 0 Å². The highest BCUT2D eigenvalue weighted by molar-refractivity contribution is 7.46. The van der Waals surface area contributed by atoms with Gasteiger partial charge in [-0.2, -0.15) is 5.48 Å². The van der Waals surface area contributed by atoms with Crippen LogP contribution in [0.4, 0.5) is 0 Å². The fourth-order valence-corrected chi connectivity index (χ4v) is 1.59. The molecule has 1 atom stereocenters. The highest BCUT2D eigenvalue weighted by Gasteiger charge is 2.24. The van der Waals surface area contributed by atoms with Gasteiger partial charge in [0.15, 0.2) is 0 Å².